The molecule has 1 N–H and O–H groups in total. The molecule has 0 aliphatic carbocycles. The largest absolute Gasteiger partial charge is 0.495 e. The number of carbonyl (C=O) groups is 1. The zero-order valence-corrected chi connectivity index (χ0v) is 16.1. The maximum absolute atomic E-state index is 12.4. The fourth-order valence-corrected chi connectivity index (χ4v) is 3.43. The first-order valence-electron chi connectivity index (χ1n) is 8.11. The molecule has 1 aliphatic heterocycles. The summed E-state index contributed by atoms with van der Waals surface area (Å²) in [6.07, 6.45) is -1.17. The third kappa shape index (κ3) is 3.13. The number of hydrogen-bond acceptors (Lipinski definition) is 6. The van der Waals surface area contributed by atoms with Crippen molar-refractivity contribution in [2.45, 2.75) is 12.1 Å². The number of halogens is 1. The molecule has 1 fully saturated rings. The highest BCUT2D eigenvalue weighted by Crippen LogP contribution is 2.46. The molecule has 0 bridgehead atoms. The minimum atomic E-state index is -1.17. The van der Waals surface area contributed by atoms with Crippen LogP contribution in [-0.4, -0.2) is 45.6 Å². The van der Waals surface area contributed by atoms with Gasteiger partial charge in [-0.25, -0.2) is 0 Å². The van der Waals surface area contributed by atoms with Gasteiger partial charge in [-0.15, -0.1) is 0 Å². The average Bonchev–Trinajstić information content (AvgIpc) is 2.69. The first kappa shape index (κ1) is 19.1. The van der Waals surface area contributed by atoms with Gasteiger partial charge < -0.3 is 24.1 Å². The highest BCUT2D eigenvalue weighted by Gasteiger charge is 2.48. The minimum absolute atomic E-state index is 0.395. The van der Waals surface area contributed by atoms with Gasteiger partial charge in [0.2, 0.25) is 5.75 Å². The molecule has 1 saturated heterocycles. The van der Waals surface area contributed by atoms with E-state index in [2.05, 4.69) is 0 Å². The smallest absolute Gasteiger partial charge is 0.259 e. The molecule has 2 aromatic rings. The van der Waals surface area contributed by atoms with Crippen molar-refractivity contribution in [2.24, 2.45) is 0 Å². The molecular formula is C19H20ClNO6. The molecule has 0 saturated carbocycles. The second-order valence-corrected chi connectivity index (χ2v) is 6.28. The van der Waals surface area contributed by atoms with Crippen LogP contribution in [0.25, 0.3) is 0 Å². The Balaban J connectivity index is 2.05. The second kappa shape index (κ2) is 7.54. The number of amides is 1. The third-order valence-electron chi connectivity index (χ3n) is 4.51. The van der Waals surface area contributed by atoms with Gasteiger partial charge in [-0.1, -0.05) is 17.7 Å². The summed E-state index contributed by atoms with van der Waals surface area (Å²) < 4.78 is 21.2. The zero-order valence-electron chi connectivity index (χ0n) is 15.4. The Kier molecular flexibility index (Phi) is 5.34. The van der Waals surface area contributed by atoms with Crippen LogP contribution < -0.4 is 23.8 Å². The predicted molar refractivity (Wildman–Crippen MR) is 100 cm³/mol. The molecule has 2 aromatic carbocycles. The standard InChI is InChI=1S/C19H20ClNO6/c1-24-13-6-5-10(7-12(13)20)16-17(22)19(23)21(16)11-8-14(25-2)18(27-4)15(9-11)26-3/h5-9,16-17,22H,1-4H3/t16-,17-/m1/s1. The molecule has 144 valence electrons. The van der Waals surface area contributed by atoms with E-state index < -0.39 is 18.1 Å². The molecule has 1 aliphatic rings. The molecule has 8 heteroatoms. The van der Waals surface area contributed by atoms with Crippen LogP contribution in [0.4, 0.5) is 5.69 Å². The molecule has 7 nitrogen and oxygen atoms in total. The number of β-lactam (4-membered cyclic amide) rings is 1. The molecule has 0 unspecified atom stereocenters. The molecule has 27 heavy (non-hydrogen) atoms. The summed E-state index contributed by atoms with van der Waals surface area (Å²) in [5.41, 5.74) is 1.19. The highest BCUT2D eigenvalue weighted by molar-refractivity contribution is 6.32. The van der Waals surface area contributed by atoms with E-state index in [-0.39, 0.29) is 0 Å². The van der Waals surface area contributed by atoms with Gasteiger partial charge in [-0.05, 0) is 17.7 Å². The summed E-state index contributed by atoms with van der Waals surface area (Å²) in [6, 6.07) is 7.85. The summed E-state index contributed by atoms with van der Waals surface area (Å²) in [4.78, 5) is 13.9. The molecule has 0 spiro atoms. The Morgan fingerprint density at radius 3 is 2.00 bits per heavy atom. The van der Waals surface area contributed by atoms with E-state index in [0.717, 1.165) is 0 Å². The lowest BCUT2D eigenvalue weighted by atomic mass is 9.90. The Labute approximate surface area is 162 Å². The minimum Gasteiger partial charge on any atom is -0.495 e. The molecule has 0 radical (unpaired) electrons. The van der Waals surface area contributed by atoms with Crippen LogP contribution in [0.5, 0.6) is 23.0 Å². The van der Waals surface area contributed by atoms with Crippen molar-refractivity contribution < 1.29 is 28.8 Å². The van der Waals surface area contributed by atoms with E-state index in [9.17, 15) is 9.90 Å². The predicted octanol–water partition coefficient (Wildman–Crippen LogP) is 2.82. The third-order valence-corrected chi connectivity index (χ3v) is 4.81. The van der Waals surface area contributed by atoms with Crippen LogP contribution in [0.3, 0.4) is 0 Å². The van der Waals surface area contributed by atoms with Crippen molar-refractivity contribution in [3.05, 3.63) is 40.9 Å². The van der Waals surface area contributed by atoms with Gasteiger partial charge >= 0.3 is 0 Å². The summed E-state index contributed by atoms with van der Waals surface area (Å²) in [7, 11) is 6.01. The number of methoxy groups -OCH3 is 4. The van der Waals surface area contributed by atoms with Gasteiger partial charge in [0, 0.05) is 12.1 Å². The van der Waals surface area contributed by atoms with Crippen molar-refractivity contribution in [1.29, 1.82) is 0 Å². The first-order chi connectivity index (χ1) is 13.0. The first-order valence-corrected chi connectivity index (χ1v) is 8.49. The van der Waals surface area contributed by atoms with E-state index in [4.69, 9.17) is 30.5 Å². The fraction of sp³-hybridized carbons (Fsp3) is 0.316. The lowest BCUT2D eigenvalue weighted by Crippen LogP contribution is -2.59. The van der Waals surface area contributed by atoms with E-state index in [1.807, 2.05) is 0 Å². The zero-order chi connectivity index (χ0) is 19.7. The average molecular weight is 394 g/mol. The number of carbonyl (C=O) groups excluding carboxylic acids is 1. The van der Waals surface area contributed by atoms with Gasteiger partial charge in [0.1, 0.15) is 5.75 Å². The quantitative estimate of drug-likeness (QED) is 0.760. The number of aliphatic hydroxyl groups is 1. The van der Waals surface area contributed by atoms with Crippen molar-refractivity contribution in [2.75, 3.05) is 33.3 Å². The van der Waals surface area contributed by atoms with Crippen LogP contribution in [0.15, 0.2) is 30.3 Å². The summed E-state index contributed by atoms with van der Waals surface area (Å²) in [5.74, 6) is 1.32. The second-order valence-electron chi connectivity index (χ2n) is 5.88. The van der Waals surface area contributed by atoms with Gasteiger partial charge in [-0.2, -0.15) is 0 Å². The summed E-state index contributed by atoms with van der Waals surface area (Å²) >= 11 is 6.20. The molecular weight excluding hydrogens is 374 g/mol. The number of anilines is 1. The monoisotopic (exact) mass is 393 g/mol. The van der Waals surface area contributed by atoms with Crippen molar-refractivity contribution in [3.8, 4) is 23.0 Å². The molecule has 1 heterocycles. The molecule has 3 rings (SSSR count). The summed E-state index contributed by atoms with van der Waals surface area (Å²) in [6.45, 7) is 0. The van der Waals surface area contributed by atoms with Crippen LogP contribution in [0, 0.1) is 0 Å². The van der Waals surface area contributed by atoms with Crippen molar-refractivity contribution in [3.63, 3.8) is 0 Å². The Morgan fingerprint density at radius 1 is 0.926 bits per heavy atom. The normalized spacial score (nSPS) is 18.7. The molecule has 0 aromatic heterocycles. The Morgan fingerprint density at radius 2 is 1.52 bits per heavy atom. The SMILES string of the molecule is COc1ccc([C@@H]2[C@@H](O)C(=O)N2c2cc(OC)c(OC)c(OC)c2)cc1Cl. The lowest BCUT2D eigenvalue weighted by molar-refractivity contribution is -0.137. The lowest BCUT2D eigenvalue weighted by Gasteiger charge is -2.45. The van der Waals surface area contributed by atoms with Crippen molar-refractivity contribution in [1.82, 2.24) is 0 Å². The number of benzene rings is 2. The van der Waals surface area contributed by atoms with E-state index in [0.29, 0.717) is 39.3 Å². The highest BCUT2D eigenvalue weighted by atomic mass is 35.5. The van der Waals surface area contributed by atoms with E-state index in [1.165, 1.54) is 33.3 Å². The number of rotatable bonds is 6. The van der Waals surface area contributed by atoms with Crippen LogP contribution in [0.1, 0.15) is 11.6 Å². The Hall–Kier alpha value is -2.64. The van der Waals surface area contributed by atoms with Crippen LogP contribution >= 0.6 is 11.6 Å². The maximum atomic E-state index is 12.4. The molecule has 2 atom stereocenters. The van der Waals surface area contributed by atoms with Gasteiger partial charge in [0.05, 0.1) is 45.2 Å². The number of hydrogen-bond donors (Lipinski definition) is 1. The van der Waals surface area contributed by atoms with E-state index >= 15 is 0 Å². The topological polar surface area (TPSA) is 77.5 Å². The number of ether oxygens (including phenoxy) is 4. The molecule has 1 amide bonds. The van der Waals surface area contributed by atoms with Crippen LogP contribution in [-0.2, 0) is 4.79 Å². The van der Waals surface area contributed by atoms with Crippen LogP contribution in [0.2, 0.25) is 5.02 Å². The Bertz CT molecular complexity index is 846. The van der Waals surface area contributed by atoms with E-state index in [1.54, 1.807) is 30.3 Å². The summed E-state index contributed by atoms with van der Waals surface area (Å²) in [5, 5.41) is 10.7. The maximum Gasteiger partial charge on any atom is 0.259 e. The van der Waals surface area contributed by atoms with Crippen molar-refractivity contribution >= 4 is 23.2 Å². The number of aliphatic hydroxyl groups excluding tert-OH is 1. The fourth-order valence-electron chi connectivity index (χ4n) is 3.17. The van der Waals surface area contributed by atoms with Gasteiger partial charge in [-0.3, -0.25) is 9.69 Å². The van der Waals surface area contributed by atoms with Gasteiger partial charge in [0.25, 0.3) is 5.91 Å². The number of nitrogens with zero attached hydrogens (tertiary/aromatic N) is 1. The van der Waals surface area contributed by atoms with Gasteiger partial charge in [0.15, 0.2) is 17.6 Å².